The first-order valence-electron chi connectivity index (χ1n) is 4.95. The summed E-state index contributed by atoms with van der Waals surface area (Å²) in [4.78, 5) is 0. The minimum absolute atomic E-state index is 0.000810. The Labute approximate surface area is 110 Å². The van der Waals surface area contributed by atoms with Crippen molar-refractivity contribution in [2.24, 2.45) is 5.73 Å². The Morgan fingerprint density at radius 3 is 2.88 bits per heavy atom. The molecule has 2 atom stereocenters. The first-order valence-corrected chi connectivity index (χ1v) is 6.12. The number of hydrogen-bond donors (Lipinski definition) is 2. The van der Waals surface area contributed by atoms with Crippen LogP contribution in [0.3, 0.4) is 0 Å². The van der Waals surface area contributed by atoms with Gasteiger partial charge in [0.1, 0.15) is 0 Å². The lowest BCUT2D eigenvalue weighted by Gasteiger charge is -2.21. The van der Waals surface area contributed by atoms with Gasteiger partial charge in [0.15, 0.2) is 0 Å². The summed E-state index contributed by atoms with van der Waals surface area (Å²) in [6.45, 7) is 2.38. The summed E-state index contributed by atoms with van der Waals surface area (Å²) in [5, 5.41) is 3.94. The zero-order chi connectivity index (χ0) is 12.1. The highest BCUT2D eigenvalue weighted by molar-refractivity contribution is 9.10. The van der Waals surface area contributed by atoms with Crippen LogP contribution >= 0.6 is 27.5 Å². The average Bonchev–Trinajstić information content (AvgIpc) is 2.29. The van der Waals surface area contributed by atoms with Crippen molar-refractivity contribution in [1.82, 2.24) is 5.32 Å². The van der Waals surface area contributed by atoms with Crippen molar-refractivity contribution in [1.29, 1.82) is 0 Å². The maximum absolute atomic E-state index is 5.96. The topological polar surface area (TPSA) is 38.0 Å². The fraction of sp³-hybridized carbons (Fsp3) is 0.333. The van der Waals surface area contributed by atoms with Gasteiger partial charge < -0.3 is 5.73 Å². The number of halogens is 2. The van der Waals surface area contributed by atoms with Crippen LogP contribution in [0.5, 0.6) is 0 Å². The third kappa shape index (κ3) is 3.50. The number of benzene rings is 1. The molecule has 0 radical (unpaired) electrons. The van der Waals surface area contributed by atoms with Crippen molar-refractivity contribution in [3.8, 4) is 12.3 Å². The van der Waals surface area contributed by atoms with E-state index in [9.17, 15) is 0 Å². The van der Waals surface area contributed by atoms with Crippen molar-refractivity contribution in [2.75, 3.05) is 6.54 Å². The number of terminal acetylenes is 1. The summed E-state index contributed by atoms with van der Waals surface area (Å²) >= 11 is 9.44. The molecule has 0 fully saturated rings. The molecule has 1 aromatic carbocycles. The molecule has 0 saturated carbocycles. The van der Waals surface area contributed by atoms with E-state index in [1.54, 1.807) is 0 Å². The van der Waals surface area contributed by atoms with Gasteiger partial charge in [-0.15, -0.1) is 6.42 Å². The summed E-state index contributed by atoms with van der Waals surface area (Å²) < 4.78 is 0.976. The number of hydrogen-bond acceptors (Lipinski definition) is 2. The molecule has 1 rings (SSSR count). The molecular weight excluding hydrogens is 288 g/mol. The summed E-state index contributed by atoms with van der Waals surface area (Å²) in [5.41, 5.74) is 6.76. The molecule has 0 aliphatic rings. The van der Waals surface area contributed by atoms with Crippen LogP contribution < -0.4 is 11.1 Å². The van der Waals surface area contributed by atoms with Crippen molar-refractivity contribution >= 4 is 27.5 Å². The lowest BCUT2D eigenvalue weighted by atomic mass is 10.1. The highest BCUT2D eigenvalue weighted by atomic mass is 79.9. The molecule has 2 nitrogen and oxygen atoms in total. The quantitative estimate of drug-likeness (QED) is 0.839. The molecule has 4 heteroatoms. The summed E-state index contributed by atoms with van der Waals surface area (Å²) in [7, 11) is 0. The Balaban J connectivity index is 2.95. The standard InChI is InChI=1S/C12H14BrClN2/c1-3-8(2)16-12(7-15)10-6-9(14)4-5-11(10)13/h1,4-6,8,12,16H,7,15H2,2H3. The van der Waals surface area contributed by atoms with Gasteiger partial charge in [0.05, 0.1) is 6.04 Å². The average molecular weight is 302 g/mol. The Morgan fingerprint density at radius 2 is 2.31 bits per heavy atom. The van der Waals surface area contributed by atoms with E-state index in [-0.39, 0.29) is 12.1 Å². The molecule has 0 spiro atoms. The van der Waals surface area contributed by atoms with E-state index in [0.29, 0.717) is 11.6 Å². The zero-order valence-electron chi connectivity index (χ0n) is 9.00. The minimum atomic E-state index is -0.0283. The molecule has 3 N–H and O–H groups in total. The SMILES string of the molecule is C#CC(C)NC(CN)c1cc(Cl)ccc1Br. The van der Waals surface area contributed by atoms with E-state index in [2.05, 4.69) is 27.2 Å². The second-order valence-corrected chi connectivity index (χ2v) is 4.80. The third-order valence-corrected chi connectivity index (χ3v) is 3.23. The Hall–Kier alpha value is -0.530. The van der Waals surface area contributed by atoms with E-state index < -0.39 is 0 Å². The molecule has 0 bridgehead atoms. The van der Waals surface area contributed by atoms with Gasteiger partial charge in [0.2, 0.25) is 0 Å². The third-order valence-electron chi connectivity index (χ3n) is 2.27. The Kier molecular flexibility index (Phi) is 5.30. The smallest absolute Gasteiger partial charge is 0.0663 e. The second-order valence-electron chi connectivity index (χ2n) is 3.51. The fourth-order valence-electron chi connectivity index (χ4n) is 1.42. The lowest BCUT2D eigenvalue weighted by Crippen LogP contribution is -2.34. The van der Waals surface area contributed by atoms with Crippen molar-refractivity contribution in [2.45, 2.75) is 19.0 Å². The Bertz CT molecular complexity index is 400. The van der Waals surface area contributed by atoms with Crippen LogP contribution in [0.1, 0.15) is 18.5 Å². The van der Waals surface area contributed by atoms with Crippen LogP contribution in [0.25, 0.3) is 0 Å². The van der Waals surface area contributed by atoms with Crippen molar-refractivity contribution in [3.05, 3.63) is 33.3 Å². The van der Waals surface area contributed by atoms with E-state index >= 15 is 0 Å². The molecule has 86 valence electrons. The normalized spacial score (nSPS) is 14.2. The second kappa shape index (κ2) is 6.27. The predicted molar refractivity (Wildman–Crippen MR) is 72.4 cm³/mol. The van der Waals surface area contributed by atoms with Gasteiger partial charge in [-0.05, 0) is 30.7 Å². The van der Waals surface area contributed by atoms with E-state index in [4.69, 9.17) is 23.8 Å². The van der Waals surface area contributed by atoms with E-state index in [1.807, 2.05) is 25.1 Å². The molecule has 1 aromatic rings. The largest absolute Gasteiger partial charge is 0.329 e. The van der Waals surface area contributed by atoms with Gasteiger partial charge in [-0.3, -0.25) is 5.32 Å². The van der Waals surface area contributed by atoms with Crippen LogP contribution in [0.15, 0.2) is 22.7 Å². The molecular formula is C12H14BrClN2. The molecule has 0 heterocycles. The molecule has 16 heavy (non-hydrogen) atoms. The maximum atomic E-state index is 5.96. The van der Waals surface area contributed by atoms with Gasteiger partial charge in [-0.25, -0.2) is 0 Å². The molecule has 0 amide bonds. The molecule has 0 aliphatic heterocycles. The summed E-state index contributed by atoms with van der Waals surface area (Å²) in [6, 6.07) is 5.59. The molecule has 2 unspecified atom stereocenters. The minimum Gasteiger partial charge on any atom is -0.329 e. The number of nitrogens with two attached hydrogens (primary N) is 1. The van der Waals surface area contributed by atoms with Crippen LogP contribution in [-0.2, 0) is 0 Å². The van der Waals surface area contributed by atoms with Crippen LogP contribution in [-0.4, -0.2) is 12.6 Å². The van der Waals surface area contributed by atoms with Gasteiger partial charge in [-0.1, -0.05) is 33.5 Å². The van der Waals surface area contributed by atoms with Gasteiger partial charge >= 0.3 is 0 Å². The van der Waals surface area contributed by atoms with E-state index in [1.165, 1.54) is 0 Å². The zero-order valence-corrected chi connectivity index (χ0v) is 11.3. The number of nitrogens with one attached hydrogen (secondary N) is 1. The fourth-order valence-corrected chi connectivity index (χ4v) is 2.12. The molecule has 0 aliphatic carbocycles. The van der Waals surface area contributed by atoms with Crippen molar-refractivity contribution in [3.63, 3.8) is 0 Å². The first-order chi connectivity index (χ1) is 7.58. The van der Waals surface area contributed by atoms with Crippen LogP contribution in [0, 0.1) is 12.3 Å². The number of rotatable bonds is 4. The molecule has 0 saturated heterocycles. The van der Waals surface area contributed by atoms with E-state index in [0.717, 1.165) is 10.0 Å². The Morgan fingerprint density at radius 1 is 1.62 bits per heavy atom. The summed E-state index contributed by atoms with van der Waals surface area (Å²) in [6.07, 6.45) is 5.33. The van der Waals surface area contributed by atoms with Gasteiger partial charge in [0.25, 0.3) is 0 Å². The first kappa shape index (κ1) is 13.5. The van der Waals surface area contributed by atoms with Crippen LogP contribution in [0.2, 0.25) is 5.02 Å². The maximum Gasteiger partial charge on any atom is 0.0663 e. The van der Waals surface area contributed by atoms with Gasteiger partial charge in [0, 0.05) is 22.1 Å². The highest BCUT2D eigenvalue weighted by Gasteiger charge is 2.14. The van der Waals surface area contributed by atoms with Gasteiger partial charge in [-0.2, -0.15) is 0 Å². The van der Waals surface area contributed by atoms with Crippen molar-refractivity contribution < 1.29 is 0 Å². The monoisotopic (exact) mass is 300 g/mol. The van der Waals surface area contributed by atoms with Crippen LogP contribution in [0.4, 0.5) is 0 Å². The summed E-state index contributed by atoms with van der Waals surface area (Å²) in [5.74, 6) is 2.62. The highest BCUT2D eigenvalue weighted by Crippen LogP contribution is 2.26. The molecule has 0 aromatic heterocycles. The predicted octanol–water partition coefficient (Wildman–Crippen LogP) is 2.71. The lowest BCUT2D eigenvalue weighted by molar-refractivity contribution is 0.516.